The molecular formula is C22H23ClN4O2. The summed E-state index contributed by atoms with van der Waals surface area (Å²) < 4.78 is 1.66. The lowest BCUT2D eigenvalue weighted by molar-refractivity contribution is -0.116. The Kier molecular flexibility index (Phi) is 6.03. The van der Waals surface area contributed by atoms with Crippen LogP contribution >= 0.6 is 11.6 Å². The van der Waals surface area contributed by atoms with E-state index in [0.29, 0.717) is 16.3 Å². The number of aromatic nitrogens is 2. The molecule has 0 fully saturated rings. The summed E-state index contributed by atoms with van der Waals surface area (Å²) in [5.74, 6) is -0.527. The van der Waals surface area contributed by atoms with Gasteiger partial charge in [-0.1, -0.05) is 29.8 Å². The van der Waals surface area contributed by atoms with Crippen LogP contribution in [0.15, 0.2) is 48.7 Å². The molecule has 0 aliphatic carbocycles. The zero-order valence-electron chi connectivity index (χ0n) is 16.9. The van der Waals surface area contributed by atoms with Crippen molar-refractivity contribution in [3.8, 4) is 5.69 Å². The Bertz CT molecular complexity index is 1070. The Morgan fingerprint density at radius 1 is 1.14 bits per heavy atom. The molecule has 0 aliphatic heterocycles. The van der Waals surface area contributed by atoms with E-state index in [1.807, 2.05) is 51.1 Å². The molecule has 0 unspecified atom stereocenters. The van der Waals surface area contributed by atoms with Gasteiger partial charge in [0.2, 0.25) is 5.91 Å². The number of aryl methyl sites for hydroxylation is 1. The first-order valence-corrected chi connectivity index (χ1v) is 9.58. The van der Waals surface area contributed by atoms with E-state index in [1.165, 1.54) is 11.1 Å². The molecule has 2 aromatic carbocycles. The topological polar surface area (TPSA) is 67.2 Å². The number of anilines is 1. The number of nitrogens with zero attached hydrogens (tertiary/aromatic N) is 3. The monoisotopic (exact) mass is 410 g/mol. The van der Waals surface area contributed by atoms with Crippen LogP contribution in [0.4, 0.5) is 5.69 Å². The van der Waals surface area contributed by atoms with Gasteiger partial charge in [-0.15, -0.1) is 0 Å². The van der Waals surface area contributed by atoms with E-state index in [-0.39, 0.29) is 18.4 Å². The average molecular weight is 411 g/mol. The number of carbonyl (C=O) groups is 2. The number of benzene rings is 2. The van der Waals surface area contributed by atoms with Crippen LogP contribution in [0.3, 0.4) is 0 Å². The van der Waals surface area contributed by atoms with E-state index >= 15 is 0 Å². The van der Waals surface area contributed by atoms with Gasteiger partial charge in [0.25, 0.3) is 5.91 Å². The highest BCUT2D eigenvalue weighted by Crippen LogP contribution is 2.20. The average Bonchev–Trinajstić information content (AvgIpc) is 3.06. The van der Waals surface area contributed by atoms with Gasteiger partial charge >= 0.3 is 0 Å². The maximum atomic E-state index is 12.9. The summed E-state index contributed by atoms with van der Waals surface area (Å²) in [5, 5.41) is 7.77. The smallest absolute Gasteiger partial charge is 0.257 e. The predicted molar refractivity (Wildman–Crippen MR) is 115 cm³/mol. The Labute approximate surface area is 175 Å². The number of halogens is 1. The van der Waals surface area contributed by atoms with Crippen molar-refractivity contribution in [3.05, 3.63) is 76.1 Å². The summed E-state index contributed by atoms with van der Waals surface area (Å²) in [4.78, 5) is 26.7. The molecule has 29 heavy (non-hydrogen) atoms. The maximum absolute atomic E-state index is 12.9. The van der Waals surface area contributed by atoms with Crippen molar-refractivity contribution >= 4 is 29.1 Å². The SMILES string of the molecule is Cc1cccc(NC(=O)CN(C)C(=O)c2cnn(-c3cccc(Cl)c3)c2C)c1C. The van der Waals surface area contributed by atoms with Gasteiger partial charge in [-0.2, -0.15) is 5.10 Å². The van der Waals surface area contributed by atoms with E-state index < -0.39 is 0 Å². The summed E-state index contributed by atoms with van der Waals surface area (Å²) in [6, 6.07) is 13.0. The van der Waals surface area contributed by atoms with Crippen molar-refractivity contribution in [2.75, 3.05) is 18.9 Å². The first kappa shape index (κ1) is 20.6. The van der Waals surface area contributed by atoms with Gasteiger partial charge in [0.15, 0.2) is 0 Å². The van der Waals surface area contributed by atoms with Crippen LogP contribution < -0.4 is 5.32 Å². The van der Waals surface area contributed by atoms with Gasteiger partial charge in [0.1, 0.15) is 0 Å². The third-order valence-corrected chi connectivity index (χ3v) is 5.13. The summed E-state index contributed by atoms with van der Waals surface area (Å²) in [6.45, 7) is 5.69. The molecule has 6 nitrogen and oxygen atoms in total. The number of likely N-dealkylation sites (N-methyl/N-ethyl adjacent to an activating group) is 1. The summed E-state index contributed by atoms with van der Waals surface area (Å²) in [6.07, 6.45) is 1.51. The van der Waals surface area contributed by atoms with Crippen molar-refractivity contribution in [2.24, 2.45) is 0 Å². The quantitative estimate of drug-likeness (QED) is 0.686. The van der Waals surface area contributed by atoms with Gasteiger partial charge in [-0.3, -0.25) is 9.59 Å². The Hall–Kier alpha value is -3.12. The molecular weight excluding hydrogens is 388 g/mol. The molecule has 3 aromatic rings. The predicted octanol–water partition coefficient (Wildman–Crippen LogP) is 4.16. The highest BCUT2D eigenvalue weighted by atomic mass is 35.5. The van der Waals surface area contributed by atoms with E-state index in [4.69, 9.17) is 11.6 Å². The van der Waals surface area contributed by atoms with Gasteiger partial charge in [-0.05, 0) is 56.2 Å². The molecule has 0 spiro atoms. The minimum atomic E-state index is -0.271. The molecule has 7 heteroatoms. The number of nitrogens with one attached hydrogen (secondary N) is 1. The lowest BCUT2D eigenvalue weighted by Crippen LogP contribution is -2.35. The lowest BCUT2D eigenvalue weighted by atomic mass is 10.1. The molecule has 0 bridgehead atoms. The van der Waals surface area contributed by atoms with E-state index in [2.05, 4.69) is 10.4 Å². The van der Waals surface area contributed by atoms with Crippen molar-refractivity contribution in [2.45, 2.75) is 20.8 Å². The normalized spacial score (nSPS) is 10.7. The van der Waals surface area contributed by atoms with Crippen LogP contribution in [0, 0.1) is 20.8 Å². The maximum Gasteiger partial charge on any atom is 0.257 e. The van der Waals surface area contributed by atoms with E-state index in [1.54, 1.807) is 23.9 Å². The summed E-state index contributed by atoms with van der Waals surface area (Å²) >= 11 is 6.05. The fraction of sp³-hybridized carbons (Fsp3) is 0.227. The molecule has 0 saturated heterocycles. The van der Waals surface area contributed by atoms with Crippen LogP contribution in [0.2, 0.25) is 5.02 Å². The van der Waals surface area contributed by atoms with Crippen LogP contribution in [0.5, 0.6) is 0 Å². The lowest BCUT2D eigenvalue weighted by Gasteiger charge is -2.17. The Morgan fingerprint density at radius 3 is 2.59 bits per heavy atom. The van der Waals surface area contributed by atoms with Crippen LogP contribution in [0.25, 0.3) is 5.69 Å². The number of amides is 2. The van der Waals surface area contributed by atoms with Crippen LogP contribution in [-0.4, -0.2) is 40.1 Å². The number of hydrogen-bond acceptors (Lipinski definition) is 3. The second kappa shape index (κ2) is 8.49. The summed E-state index contributed by atoms with van der Waals surface area (Å²) in [5.41, 5.74) is 4.74. The largest absolute Gasteiger partial charge is 0.332 e. The highest BCUT2D eigenvalue weighted by molar-refractivity contribution is 6.30. The minimum absolute atomic E-state index is 0.0615. The molecule has 2 amide bonds. The fourth-order valence-corrected chi connectivity index (χ4v) is 3.24. The minimum Gasteiger partial charge on any atom is -0.332 e. The molecule has 150 valence electrons. The second-order valence-corrected chi connectivity index (χ2v) is 7.43. The standard InChI is InChI=1S/C22H23ClN4O2/c1-14-7-5-10-20(15(14)2)25-21(28)13-26(4)22(29)19-12-24-27(16(19)3)18-9-6-8-17(23)11-18/h5-12H,13H2,1-4H3,(H,25,28). The van der Waals surface area contributed by atoms with Gasteiger partial charge < -0.3 is 10.2 Å². The number of rotatable bonds is 5. The molecule has 0 saturated carbocycles. The first-order valence-electron chi connectivity index (χ1n) is 9.20. The number of hydrogen-bond donors (Lipinski definition) is 1. The zero-order chi connectivity index (χ0) is 21.1. The molecule has 0 aliphatic rings. The highest BCUT2D eigenvalue weighted by Gasteiger charge is 2.21. The Balaban J connectivity index is 1.72. The van der Waals surface area contributed by atoms with Crippen molar-refractivity contribution in [1.29, 1.82) is 0 Å². The Morgan fingerprint density at radius 2 is 1.86 bits per heavy atom. The molecule has 1 aromatic heterocycles. The second-order valence-electron chi connectivity index (χ2n) is 6.99. The van der Waals surface area contributed by atoms with Crippen molar-refractivity contribution in [1.82, 2.24) is 14.7 Å². The summed E-state index contributed by atoms with van der Waals surface area (Å²) in [7, 11) is 1.60. The van der Waals surface area contributed by atoms with E-state index in [0.717, 1.165) is 22.5 Å². The van der Waals surface area contributed by atoms with Gasteiger partial charge in [-0.25, -0.2) is 4.68 Å². The van der Waals surface area contributed by atoms with Crippen LogP contribution in [0.1, 0.15) is 27.2 Å². The zero-order valence-corrected chi connectivity index (χ0v) is 17.6. The molecule has 1 N–H and O–H groups in total. The third kappa shape index (κ3) is 4.49. The van der Waals surface area contributed by atoms with Crippen molar-refractivity contribution < 1.29 is 9.59 Å². The van der Waals surface area contributed by atoms with Crippen molar-refractivity contribution in [3.63, 3.8) is 0 Å². The van der Waals surface area contributed by atoms with E-state index in [9.17, 15) is 9.59 Å². The first-order chi connectivity index (χ1) is 13.8. The van der Waals surface area contributed by atoms with Gasteiger partial charge in [0, 0.05) is 17.8 Å². The molecule has 0 atom stereocenters. The molecule has 3 rings (SSSR count). The molecule has 0 radical (unpaired) electrons. The number of carbonyl (C=O) groups excluding carboxylic acids is 2. The van der Waals surface area contributed by atoms with Crippen LogP contribution in [-0.2, 0) is 4.79 Å². The van der Waals surface area contributed by atoms with Gasteiger partial charge in [0.05, 0.1) is 29.7 Å². The third-order valence-electron chi connectivity index (χ3n) is 4.90. The molecule has 1 heterocycles. The fourth-order valence-electron chi connectivity index (χ4n) is 3.06.